The molecule has 0 aromatic heterocycles. The SMILES string of the molecule is CC(C)(C)OC(=O)N[C@@H]1C(=O)N2[C@@H](C(=O)OC(c3ccccc3)c3ccccc3)C(/C=C3\CCCN(CC(F)(F)F)C3=O)=CS[C@H]12. The van der Waals surface area contributed by atoms with Crippen LogP contribution < -0.4 is 5.32 Å². The van der Waals surface area contributed by atoms with Crippen LogP contribution in [0, 0.1) is 0 Å². The molecule has 3 aliphatic rings. The highest BCUT2D eigenvalue weighted by Crippen LogP contribution is 2.42. The van der Waals surface area contributed by atoms with Gasteiger partial charge in [0.15, 0.2) is 12.1 Å². The van der Waals surface area contributed by atoms with E-state index in [0.717, 1.165) is 16.7 Å². The van der Waals surface area contributed by atoms with Crippen molar-refractivity contribution in [2.45, 2.75) is 69.0 Å². The van der Waals surface area contributed by atoms with E-state index in [-0.39, 0.29) is 24.1 Å². The molecule has 0 bridgehead atoms. The highest BCUT2D eigenvalue weighted by molar-refractivity contribution is 8.03. The van der Waals surface area contributed by atoms with Crippen LogP contribution in [-0.4, -0.2) is 76.0 Å². The number of nitrogens with zero attached hydrogens (tertiary/aromatic N) is 2. The number of ether oxygens (including phenoxy) is 2. The van der Waals surface area contributed by atoms with Gasteiger partial charge in [-0.25, -0.2) is 9.59 Å². The molecule has 2 aromatic rings. The number of fused-ring (bicyclic) bond motifs is 1. The summed E-state index contributed by atoms with van der Waals surface area (Å²) >= 11 is 1.14. The number of β-lactam (4-membered cyclic amide) rings is 1. The average Bonchev–Trinajstić information content (AvgIpc) is 2.99. The number of likely N-dealkylation sites (tertiary alicyclic amines) is 1. The molecule has 2 fully saturated rings. The van der Waals surface area contributed by atoms with Gasteiger partial charge in [-0.2, -0.15) is 13.2 Å². The van der Waals surface area contributed by atoms with E-state index in [1.807, 2.05) is 12.1 Å². The van der Waals surface area contributed by atoms with Crippen molar-refractivity contribution >= 4 is 35.6 Å². The Labute approximate surface area is 268 Å². The average molecular weight is 658 g/mol. The third-order valence-corrected chi connectivity index (χ3v) is 8.68. The number of alkyl halides is 3. The van der Waals surface area contributed by atoms with Crippen LogP contribution >= 0.6 is 11.8 Å². The van der Waals surface area contributed by atoms with Gasteiger partial charge in [0.1, 0.15) is 23.6 Å². The number of benzene rings is 2. The molecule has 3 atom stereocenters. The number of alkyl carbamates (subject to hydrolysis) is 1. The number of amides is 3. The Kier molecular flexibility index (Phi) is 9.52. The molecule has 0 radical (unpaired) electrons. The molecule has 13 heteroatoms. The maximum atomic E-state index is 14.1. The highest BCUT2D eigenvalue weighted by atomic mass is 32.2. The van der Waals surface area contributed by atoms with Gasteiger partial charge in [-0.1, -0.05) is 60.7 Å². The predicted octanol–water partition coefficient (Wildman–Crippen LogP) is 5.49. The van der Waals surface area contributed by atoms with Crippen LogP contribution in [0.2, 0.25) is 0 Å². The second kappa shape index (κ2) is 13.2. The number of hydrogen-bond acceptors (Lipinski definition) is 7. The maximum Gasteiger partial charge on any atom is 0.408 e. The molecule has 2 saturated heterocycles. The molecule has 46 heavy (non-hydrogen) atoms. The topological polar surface area (TPSA) is 105 Å². The van der Waals surface area contributed by atoms with E-state index in [1.54, 1.807) is 74.7 Å². The maximum absolute atomic E-state index is 14.1. The molecule has 0 saturated carbocycles. The summed E-state index contributed by atoms with van der Waals surface area (Å²) in [6, 6.07) is 15.7. The van der Waals surface area contributed by atoms with Crippen molar-refractivity contribution in [3.8, 4) is 0 Å². The second-order valence-corrected chi connectivity index (χ2v) is 13.2. The number of carbonyl (C=O) groups is 4. The van der Waals surface area contributed by atoms with E-state index in [9.17, 15) is 32.3 Å². The Hall–Kier alpha value is -4.26. The van der Waals surface area contributed by atoms with Crippen molar-refractivity contribution in [1.29, 1.82) is 0 Å². The zero-order valence-electron chi connectivity index (χ0n) is 25.5. The molecular formula is C33H34F3N3O6S. The summed E-state index contributed by atoms with van der Waals surface area (Å²) in [7, 11) is 0. The minimum Gasteiger partial charge on any atom is -0.451 e. The van der Waals surface area contributed by atoms with E-state index in [1.165, 1.54) is 11.0 Å². The van der Waals surface area contributed by atoms with Crippen LogP contribution in [0.4, 0.5) is 18.0 Å². The predicted molar refractivity (Wildman–Crippen MR) is 164 cm³/mol. The molecule has 3 aliphatic heterocycles. The largest absolute Gasteiger partial charge is 0.451 e. The van der Waals surface area contributed by atoms with Crippen molar-refractivity contribution in [2.75, 3.05) is 13.1 Å². The van der Waals surface area contributed by atoms with Crippen LogP contribution in [0.3, 0.4) is 0 Å². The van der Waals surface area contributed by atoms with Gasteiger partial charge in [0.2, 0.25) is 11.8 Å². The summed E-state index contributed by atoms with van der Waals surface area (Å²) < 4.78 is 50.9. The lowest BCUT2D eigenvalue weighted by Crippen LogP contribution is -2.74. The first-order valence-corrected chi connectivity index (χ1v) is 15.7. The Morgan fingerprint density at radius 2 is 1.63 bits per heavy atom. The number of halogens is 3. The Morgan fingerprint density at radius 3 is 2.20 bits per heavy atom. The number of thioether (sulfide) groups is 1. The number of piperidine rings is 1. The zero-order chi connectivity index (χ0) is 33.2. The molecule has 0 unspecified atom stereocenters. The van der Waals surface area contributed by atoms with Gasteiger partial charge in [-0.15, -0.1) is 11.8 Å². The highest BCUT2D eigenvalue weighted by Gasteiger charge is 2.56. The lowest BCUT2D eigenvalue weighted by molar-refractivity contribution is -0.164. The second-order valence-electron chi connectivity index (χ2n) is 12.2. The summed E-state index contributed by atoms with van der Waals surface area (Å²) in [6.07, 6.45) is -4.31. The van der Waals surface area contributed by atoms with Crippen molar-refractivity contribution in [2.24, 2.45) is 0 Å². The third-order valence-electron chi connectivity index (χ3n) is 7.50. The van der Waals surface area contributed by atoms with E-state index >= 15 is 0 Å². The van der Waals surface area contributed by atoms with Crippen LogP contribution in [-0.2, 0) is 23.9 Å². The lowest BCUT2D eigenvalue weighted by Gasteiger charge is -2.51. The number of rotatable bonds is 7. The molecule has 5 rings (SSSR count). The first-order valence-electron chi connectivity index (χ1n) is 14.8. The van der Waals surface area contributed by atoms with Gasteiger partial charge in [-0.3, -0.25) is 9.59 Å². The number of carbonyl (C=O) groups excluding carboxylic acids is 4. The Morgan fingerprint density at radius 1 is 1.02 bits per heavy atom. The molecule has 3 heterocycles. The molecule has 1 N–H and O–H groups in total. The number of nitrogens with one attached hydrogen (secondary N) is 1. The van der Waals surface area contributed by atoms with E-state index in [4.69, 9.17) is 9.47 Å². The Balaban J connectivity index is 1.47. The summed E-state index contributed by atoms with van der Waals surface area (Å²) in [4.78, 5) is 55.3. The molecule has 0 aliphatic carbocycles. The lowest BCUT2D eigenvalue weighted by atomic mass is 9.94. The van der Waals surface area contributed by atoms with Crippen LogP contribution in [0.5, 0.6) is 0 Å². The van der Waals surface area contributed by atoms with Crippen LogP contribution in [0.15, 0.2) is 83.3 Å². The summed E-state index contributed by atoms with van der Waals surface area (Å²) in [5.41, 5.74) is 0.873. The van der Waals surface area contributed by atoms with Crippen molar-refractivity contribution in [3.63, 3.8) is 0 Å². The number of hydrogen-bond donors (Lipinski definition) is 1. The molecule has 2 aromatic carbocycles. The molecular weight excluding hydrogens is 623 g/mol. The van der Waals surface area contributed by atoms with Crippen LogP contribution in [0.1, 0.15) is 50.8 Å². The van der Waals surface area contributed by atoms with Gasteiger partial charge in [0.05, 0.1) is 0 Å². The minimum atomic E-state index is -4.57. The van der Waals surface area contributed by atoms with Crippen molar-refractivity contribution < 1.29 is 41.8 Å². The fraction of sp³-hybridized carbons (Fsp3) is 0.394. The van der Waals surface area contributed by atoms with Gasteiger partial charge in [0, 0.05) is 12.1 Å². The first kappa shape index (κ1) is 33.1. The van der Waals surface area contributed by atoms with Gasteiger partial charge in [0.25, 0.3) is 0 Å². The fourth-order valence-electron chi connectivity index (χ4n) is 5.55. The monoisotopic (exact) mass is 657 g/mol. The zero-order valence-corrected chi connectivity index (χ0v) is 26.3. The van der Waals surface area contributed by atoms with Gasteiger partial charge >= 0.3 is 18.2 Å². The van der Waals surface area contributed by atoms with Gasteiger partial charge in [-0.05, 0) is 61.8 Å². The molecule has 3 amide bonds. The molecule has 9 nitrogen and oxygen atoms in total. The van der Waals surface area contributed by atoms with E-state index in [2.05, 4.69) is 5.32 Å². The van der Waals surface area contributed by atoms with Crippen LogP contribution in [0.25, 0.3) is 0 Å². The molecule has 0 spiro atoms. The van der Waals surface area contributed by atoms with E-state index < -0.39 is 65.8 Å². The molecule has 244 valence electrons. The summed E-state index contributed by atoms with van der Waals surface area (Å²) in [5, 5.41) is 3.46. The standard InChI is InChI=1S/C33H34F3N3O6S/c1-32(2,3)45-31(43)37-24-28(41)39-25(30(42)44-26(20-11-6-4-7-12-20)21-13-8-5-9-14-21)23(18-46-29(24)39)17-22-15-10-16-38(27(22)40)19-33(34,35)36/h4-9,11-14,17-18,24-26,29H,10,15-16,19H2,1-3H3,(H,37,43)/b22-17+/t24-,25-,29-/m1/s1. The smallest absolute Gasteiger partial charge is 0.408 e. The van der Waals surface area contributed by atoms with Gasteiger partial charge < -0.3 is 24.6 Å². The fourth-order valence-corrected chi connectivity index (χ4v) is 6.74. The third kappa shape index (κ3) is 7.57. The quantitative estimate of drug-likeness (QED) is 0.239. The minimum absolute atomic E-state index is 0.0461. The Bertz CT molecular complexity index is 1500. The van der Waals surface area contributed by atoms with E-state index in [0.29, 0.717) is 17.5 Å². The summed E-state index contributed by atoms with van der Waals surface area (Å²) in [5.74, 6) is -2.15. The van der Waals surface area contributed by atoms with Crippen molar-refractivity contribution in [1.82, 2.24) is 15.1 Å². The van der Waals surface area contributed by atoms with Crippen molar-refractivity contribution in [3.05, 3.63) is 94.4 Å². The summed E-state index contributed by atoms with van der Waals surface area (Å²) in [6.45, 7) is 3.62. The normalized spacial score (nSPS) is 22.6. The number of esters is 1. The first-order chi connectivity index (χ1) is 21.7.